The fourth-order valence-corrected chi connectivity index (χ4v) is 1.67. The minimum atomic E-state index is -1.20. The Morgan fingerprint density at radius 1 is 1.58 bits per heavy atom. The number of amides is 1. The van der Waals surface area contributed by atoms with Gasteiger partial charge in [-0.1, -0.05) is 15.9 Å². The molecule has 0 heterocycles. The van der Waals surface area contributed by atoms with Gasteiger partial charge in [0.2, 0.25) is 5.91 Å². The zero-order valence-corrected chi connectivity index (χ0v) is 11.6. The van der Waals surface area contributed by atoms with Crippen LogP contribution in [-0.4, -0.2) is 29.6 Å². The van der Waals surface area contributed by atoms with Crippen LogP contribution in [0.5, 0.6) is 5.75 Å². The molecule has 1 amide bonds. The quantitative estimate of drug-likeness (QED) is 0.849. The van der Waals surface area contributed by atoms with E-state index >= 15 is 0 Å². The largest absolute Gasteiger partial charge is 0.489 e. The predicted octanol–water partition coefficient (Wildman–Crippen LogP) is 1.29. The molecule has 100 valence electrons. The number of hydrogen-bond acceptors (Lipinski definition) is 4. The first kappa shape index (κ1) is 15.0. The number of hydrogen-bond donors (Lipinski definition) is 2. The second kappa shape index (κ2) is 6.75. The SMILES string of the molecule is CC(=O)NC(COc1ccc(Br)cc1C#N)C(=O)O. The van der Waals surface area contributed by atoms with Crippen molar-refractivity contribution in [2.75, 3.05) is 6.61 Å². The highest BCUT2D eigenvalue weighted by molar-refractivity contribution is 9.10. The van der Waals surface area contributed by atoms with Crippen LogP contribution in [0, 0.1) is 11.3 Å². The maximum absolute atomic E-state index is 10.9. The van der Waals surface area contributed by atoms with Gasteiger partial charge in [-0.25, -0.2) is 4.79 Å². The van der Waals surface area contributed by atoms with Crippen molar-refractivity contribution in [2.45, 2.75) is 13.0 Å². The highest BCUT2D eigenvalue weighted by Crippen LogP contribution is 2.22. The molecular formula is C12H11BrN2O4. The summed E-state index contributed by atoms with van der Waals surface area (Å²) in [6.07, 6.45) is 0. The van der Waals surface area contributed by atoms with E-state index in [9.17, 15) is 9.59 Å². The number of halogens is 1. The maximum Gasteiger partial charge on any atom is 0.329 e. The summed E-state index contributed by atoms with van der Waals surface area (Å²) in [6.45, 7) is 0.960. The lowest BCUT2D eigenvalue weighted by Crippen LogP contribution is -2.43. The number of ether oxygens (including phenoxy) is 1. The van der Waals surface area contributed by atoms with Crippen LogP contribution in [0.1, 0.15) is 12.5 Å². The molecule has 1 atom stereocenters. The normalized spacial score (nSPS) is 11.2. The van der Waals surface area contributed by atoms with E-state index in [1.807, 2.05) is 6.07 Å². The van der Waals surface area contributed by atoms with E-state index in [2.05, 4.69) is 21.2 Å². The summed E-state index contributed by atoms with van der Waals surface area (Å²) in [5.41, 5.74) is 0.279. The van der Waals surface area contributed by atoms with Gasteiger partial charge in [-0.05, 0) is 18.2 Å². The highest BCUT2D eigenvalue weighted by atomic mass is 79.9. The fourth-order valence-electron chi connectivity index (χ4n) is 1.31. The third-order valence-electron chi connectivity index (χ3n) is 2.14. The van der Waals surface area contributed by atoms with Crippen LogP contribution < -0.4 is 10.1 Å². The Balaban J connectivity index is 2.77. The zero-order valence-electron chi connectivity index (χ0n) is 10.0. The number of carbonyl (C=O) groups excluding carboxylic acids is 1. The van der Waals surface area contributed by atoms with Gasteiger partial charge in [-0.3, -0.25) is 4.79 Å². The number of benzene rings is 1. The average Bonchev–Trinajstić information content (AvgIpc) is 2.34. The molecule has 1 aromatic rings. The molecule has 1 unspecified atom stereocenters. The molecule has 0 radical (unpaired) electrons. The summed E-state index contributed by atoms with van der Waals surface area (Å²) in [7, 11) is 0. The molecule has 2 N–H and O–H groups in total. The minimum Gasteiger partial charge on any atom is -0.489 e. The maximum atomic E-state index is 10.9. The molecule has 0 bridgehead atoms. The fraction of sp³-hybridized carbons (Fsp3) is 0.250. The summed E-state index contributed by atoms with van der Waals surface area (Å²) in [6, 6.07) is 5.56. The summed E-state index contributed by atoms with van der Waals surface area (Å²) >= 11 is 3.22. The highest BCUT2D eigenvalue weighted by Gasteiger charge is 2.19. The van der Waals surface area contributed by atoms with E-state index in [0.29, 0.717) is 4.47 Å². The molecule has 0 saturated heterocycles. The number of nitrogens with zero attached hydrogens (tertiary/aromatic N) is 1. The van der Waals surface area contributed by atoms with Gasteiger partial charge in [0, 0.05) is 11.4 Å². The molecule has 0 aliphatic carbocycles. The summed E-state index contributed by atoms with van der Waals surface area (Å²) in [5, 5.41) is 20.1. The van der Waals surface area contributed by atoms with Gasteiger partial charge in [-0.15, -0.1) is 0 Å². The number of nitriles is 1. The molecule has 0 aromatic heterocycles. The first-order valence-electron chi connectivity index (χ1n) is 5.26. The number of rotatable bonds is 5. The van der Waals surface area contributed by atoms with Crippen molar-refractivity contribution in [1.82, 2.24) is 5.32 Å². The predicted molar refractivity (Wildman–Crippen MR) is 69.6 cm³/mol. The molecule has 0 aliphatic rings. The standard InChI is InChI=1S/C12H11BrN2O4/c1-7(16)15-10(12(17)18)6-19-11-3-2-9(13)4-8(11)5-14/h2-4,10H,6H2,1H3,(H,15,16)(H,17,18). The first-order valence-corrected chi connectivity index (χ1v) is 6.05. The van der Waals surface area contributed by atoms with Gasteiger partial charge in [0.05, 0.1) is 5.56 Å². The number of nitrogens with one attached hydrogen (secondary N) is 1. The van der Waals surface area contributed by atoms with Gasteiger partial charge in [0.1, 0.15) is 18.4 Å². The Labute approximate surface area is 118 Å². The van der Waals surface area contributed by atoms with Crippen LogP contribution in [0.4, 0.5) is 0 Å². The van der Waals surface area contributed by atoms with E-state index in [4.69, 9.17) is 15.1 Å². The second-order valence-electron chi connectivity index (χ2n) is 3.65. The Morgan fingerprint density at radius 2 is 2.26 bits per heavy atom. The van der Waals surface area contributed by atoms with Gasteiger partial charge in [0.15, 0.2) is 6.04 Å². The molecule has 1 rings (SSSR count). The lowest BCUT2D eigenvalue weighted by molar-refractivity contribution is -0.142. The molecule has 7 heteroatoms. The van der Waals surface area contributed by atoms with Crippen molar-refractivity contribution < 1.29 is 19.4 Å². The molecule has 0 fully saturated rings. The van der Waals surface area contributed by atoms with E-state index in [0.717, 1.165) is 0 Å². The van der Waals surface area contributed by atoms with E-state index in [1.165, 1.54) is 6.92 Å². The van der Waals surface area contributed by atoms with E-state index in [1.54, 1.807) is 18.2 Å². The molecule has 1 aromatic carbocycles. The lowest BCUT2D eigenvalue weighted by atomic mass is 10.2. The van der Waals surface area contributed by atoms with Gasteiger partial charge >= 0.3 is 5.97 Å². The Kier molecular flexibility index (Phi) is 5.33. The topological polar surface area (TPSA) is 99.4 Å². The van der Waals surface area contributed by atoms with E-state index in [-0.39, 0.29) is 17.9 Å². The Hall–Kier alpha value is -2.07. The van der Waals surface area contributed by atoms with Crippen molar-refractivity contribution in [1.29, 1.82) is 5.26 Å². The molecule has 0 spiro atoms. The van der Waals surface area contributed by atoms with Crippen LogP contribution in [0.25, 0.3) is 0 Å². The molecule has 6 nitrogen and oxygen atoms in total. The van der Waals surface area contributed by atoms with Crippen molar-refractivity contribution in [3.8, 4) is 11.8 Å². The zero-order chi connectivity index (χ0) is 14.4. The smallest absolute Gasteiger partial charge is 0.329 e. The van der Waals surface area contributed by atoms with Crippen LogP contribution in [0.3, 0.4) is 0 Å². The number of carbonyl (C=O) groups is 2. The number of carboxylic acids is 1. The van der Waals surface area contributed by atoms with Crippen molar-refractivity contribution in [2.24, 2.45) is 0 Å². The van der Waals surface area contributed by atoms with Crippen LogP contribution >= 0.6 is 15.9 Å². The first-order chi connectivity index (χ1) is 8.93. The Morgan fingerprint density at radius 3 is 2.79 bits per heavy atom. The van der Waals surface area contributed by atoms with E-state index < -0.39 is 17.9 Å². The molecule has 0 aliphatic heterocycles. The summed E-state index contributed by atoms with van der Waals surface area (Å²) in [4.78, 5) is 21.7. The molecular weight excluding hydrogens is 316 g/mol. The van der Waals surface area contributed by atoms with Crippen LogP contribution in [0.15, 0.2) is 22.7 Å². The van der Waals surface area contributed by atoms with Gasteiger partial charge in [0.25, 0.3) is 0 Å². The second-order valence-corrected chi connectivity index (χ2v) is 4.57. The number of aliphatic carboxylic acids is 1. The number of carboxylic acid groups (broad SMARTS) is 1. The molecule has 19 heavy (non-hydrogen) atoms. The lowest BCUT2D eigenvalue weighted by Gasteiger charge is -2.15. The molecule has 0 saturated carbocycles. The van der Waals surface area contributed by atoms with Crippen molar-refractivity contribution in [3.63, 3.8) is 0 Å². The minimum absolute atomic E-state index is 0.259. The monoisotopic (exact) mass is 326 g/mol. The van der Waals surface area contributed by atoms with Crippen molar-refractivity contribution >= 4 is 27.8 Å². The van der Waals surface area contributed by atoms with Crippen molar-refractivity contribution in [3.05, 3.63) is 28.2 Å². The summed E-state index contributed by atoms with van der Waals surface area (Å²) < 4.78 is 5.98. The average molecular weight is 327 g/mol. The third-order valence-corrected chi connectivity index (χ3v) is 2.64. The van der Waals surface area contributed by atoms with Crippen LogP contribution in [-0.2, 0) is 9.59 Å². The van der Waals surface area contributed by atoms with Gasteiger partial charge in [-0.2, -0.15) is 5.26 Å². The van der Waals surface area contributed by atoms with Crippen LogP contribution in [0.2, 0.25) is 0 Å². The summed E-state index contributed by atoms with van der Waals surface area (Å²) in [5.74, 6) is -1.40. The Bertz CT molecular complexity index is 539. The third kappa shape index (κ3) is 4.60. The van der Waals surface area contributed by atoms with Gasteiger partial charge < -0.3 is 15.2 Å².